The fourth-order valence-corrected chi connectivity index (χ4v) is 2.60. The minimum atomic E-state index is -0.0207. The molecule has 4 nitrogen and oxygen atoms in total. The first-order valence-corrected chi connectivity index (χ1v) is 7.18. The first-order valence-electron chi connectivity index (χ1n) is 7.18. The second-order valence-corrected chi connectivity index (χ2v) is 5.20. The number of nitrogens with zero attached hydrogens (tertiary/aromatic N) is 2. The summed E-state index contributed by atoms with van der Waals surface area (Å²) in [6.45, 7) is 3.92. The van der Waals surface area contributed by atoms with Gasteiger partial charge in [0.25, 0.3) is 5.56 Å². The topological polar surface area (TPSA) is 46.9 Å². The minimum Gasteiger partial charge on any atom is -0.315 e. The quantitative estimate of drug-likeness (QED) is 0.927. The molecule has 1 N–H and O–H groups in total. The molecule has 0 saturated carbocycles. The highest BCUT2D eigenvalue weighted by molar-refractivity contribution is 5.58. The molecule has 2 heterocycles. The van der Waals surface area contributed by atoms with Crippen LogP contribution in [-0.2, 0) is 6.42 Å². The van der Waals surface area contributed by atoms with Gasteiger partial charge < -0.3 is 5.32 Å². The maximum atomic E-state index is 12.0. The summed E-state index contributed by atoms with van der Waals surface area (Å²) in [5, 5.41) is 7.82. The van der Waals surface area contributed by atoms with E-state index < -0.39 is 0 Å². The Kier molecular flexibility index (Phi) is 3.65. The van der Waals surface area contributed by atoms with Crippen LogP contribution in [0, 0.1) is 0 Å². The van der Waals surface area contributed by atoms with Crippen LogP contribution in [0.5, 0.6) is 0 Å². The first-order chi connectivity index (χ1) is 9.78. The second kappa shape index (κ2) is 5.59. The van der Waals surface area contributed by atoms with E-state index in [1.54, 1.807) is 10.7 Å². The lowest BCUT2D eigenvalue weighted by Crippen LogP contribution is -2.28. The normalized spacial score (nSPS) is 18.4. The van der Waals surface area contributed by atoms with E-state index in [0.717, 1.165) is 37.2 Å². The zero-order valence-corrected chi connectivity index (χ0v) is 11.7. The zero-order valence-electron chi connectivity index (χ0n) is 11.7. The average molecular weight is 269 g/mol. The second-order valence-electron chi connectivity index (χ2n) is 5.20. The molecule has 0 amide bonds. The Labute approximate surface area is 118 Å². The van der Waals surface area contributed by atoms with Crippen molar-refractivity contribution in [3.05, 3.63) is 52.3 Å². The van der Waals surface area contributed by atoms with Crippen LogP contribution in [0.2, 0.25) is 0 Å². The molecule has 3 rings (SSSR count). The van der Waals surface area contributed by atoms with Gasteiger partial charge in [-0.15, -0.1) is 0 Å². The molecule has 4 heteroatoms. The van der Waals surface area contributed by atoms with Gasteiger partial charge in [0, 0.05) is 18.2 Å². The number of aryl methyl sites for hydroxylation is 1. The van der Waals surface area contributed by atoms with Crippen molar-refractivity contribution in [2.24, 2.45) is 0 Å². The number of aromatic nitrogens is 2. The van der Waals surface area contributed by atoms with Crippen LogP contribution < -0.4 is 10.9 Å². The maximum Gasteiger partial charge on any atom is 0.267 e. The van der Waals surface area contributed by atoms with Gasteiger partial charge in [-0.05, 0) is 31.0 Å². The molecule has 1 unspecified atom stereocenters. The summed E-state index contributed by atoms with van der Waals surface area (Å²) in [6.07, 6.45) is 1.99. The maximum absolute atomic E-state index is 12.0. The van der Waals surface area contributed by atoms with Gasteiger partial charge in [-0.25, -0.2) is 4.68 Å². The van der Waals surface area contributed by atoms with Crippen molar-refractivity contribution < 1.29 is 0 Å². The van der Waals surface area contributed by atoms with Gasteiger partial charge in [-0.3, -0.25) is 4.79 Å². The van der Waals surface area contributed by atoms with Crippen LogP contribution in [0.15, 0.2) is 41.2 Å². The van der Waals surface area contributed by atoms with Crippen LogP contribution >= 0.6 is 0 Å². The van der Waals surface area contributed by atoms with Gasteiger partial charge in [0.15, 0.2) is 0 Å². The molecule has 20 heavy (non-hydrogen) atoms. The lowest BCUT2D eigenvalue weighted by atomic mass is 10.1. The van der Waals surface area contributed by atoms with Gasteiger partial charge in [-0.2, -0.15) is 5.10 Å². The van der Waals surface area contributed by atoms with Crippen molar-refractivity contribution in [1.82, 2.24) is 15.1 Å². The number of hydrogen-bond acceptors (Lipinski definition) is 3. The molecule has 1 fully saturated rings. The van der Waals surface area contributed by atoms with Crippen molar-refractivity contribution >= 4 is 0 Å². The minimum absolute atomic E-state index is 0.0207. The highest BCUT2D eigenvalue weighted by atomic mass is 16.1. The van der Waals surface area contributed by atoms with E-state index in [9.17, 15) is 4.79 Å². The molecule has 0 aliphatic carbocycles. The smallest absolute Gasteiger partial charge is 0.267 e. The Hall–Kier alpha value is -1.94. The summed E-state index contributed by atoms with van der Waals surface area (Å²) < 4.78 is 1.63. The van der Waals surface area contributed by atoms with Crippen molar-refractivity contribution in [2.45, 2.75) is 25.8 Å². The van der Waals surface area contributed by atoms with E-state index >= 15 is 0 Å². The first kappa shape index (κ1) is 13.1. The molecule has 104 valence electrons. The van der Waals surface area contributed by atoms with Crippen LogP contribution in [0.25, 0.3) is 11.3 Å². The molecule has 1 aromatic heterocycles. The summed E-state index contributed by atoms with van der Waals surface area (Å²) in [5.41, 5.74) is 3.20. The third-order valence-electron chi connectivity index (χ3n) is 3.86. The fraction of sp³-hybridized carbons (Fsp3) is 0.375. The lowest BCUT2D eigenvalue weighted by Gasteiger charge is -2.12. The van der Waals surface area contributed by atoms with E-state index in [1.165, 1.54) is 5.56 Å². The van der Waals surface area contributed by atoms with Gasteiger partial charge in [0.1, 0.15) is 0 Å². The van der Waals surface area contributed by atoms with Crippen LogP contribution in [0.1, 0.15) is 24.9 Å². The van der Waals surface area contributed by atoms with Crippen LogP contribution in [0.3, 0.4) is 0 Å². The van der Waals surface area contributed by atoms with E-state index in [4.69, 9.17) is 0 Å². The lowest BCUT2D eigenvalue weighted by molar-refractivity contribution is 0.467. The molecule has 0 spiro atoms. The monoisotopic (exact) mass is 269 g/mol. The molecular weight excluding hydrogens is 250 g/mol. The molecule has 0 radical (unpaired) electrons. The SMILES string of the molecule is CCc1ccc(-c2ccc(=O)n(C3CCNC3)n2)cc1. The third-order valence-corrected chi connectivity index (χ3v) is 3.86. The van der Waals surface area contributed by atoms with Crippen molar-refractivity contribution in [3.63, 3.8) is 0 Å². The Morgan fingerprint density at radius 3 is 2.70 bits per heavy atom. The number of nitrogens with one attached hydrogen (secondary N) is 1. The van der Waals surface area contributed by atoms with E-state index in [-0.39, 0.29) is 11.6 Å². The molecule has 0 bridgehead atoms. The molecule has 1 saturated heterocycles. The summed E-state index contributed by atoms with van der Waals surface area (Å²) in [6, 6.07) is 12.0. The van der Waals surface area contributed by atoms with Crippen molar-refractivity contribution in [1.29, 1.82) is 0 Å². The largest absolute Gasteiger partial charge is 0.315 e. The number of hydrogen-bond donors (Lipinski definition) is 1. The van der Waals surface area contributed by atoms with Gasteiger partial charge in [0.2, 0.25) is 0 Å². The Bertz CT molecular complexity index is 640. The number of benzene rings is 1. The Morgan fingerprint density at radius 1 is 1.25 bits per heavy atom. The van der Waals surface area contributed by atoms with Crippen LogP contribution in [-0.4, -0.2) is 22.9 Å². The summed E-state index contributed by atoms with van der Waals surface area (Å²) >= 11 is 0. The molecule has 2 aromatic rings. The van der Waals surface area contributed by atoms with E-state index in [2.05, 4.69) is 41.6 Å². The summed E-state index contributed by atoms with van der Waals surface area (Å²) in [7, 11) is 0. The highest BCUT2D eigenvalue weighted by Crippen LogP contribution is 2.18. The van der Waals surface area contributed by atoms with E-state index in [0.29, 0.717) is 0 Å². The van der Waals surface area contributed by atoms with Crippen LogP contribution in [0.4, 0.5) is 0 Å². The molecule has 1 aliphatic heterocycles. The molecule has 1 atom stereocenters. The molecule has 1 aromatic carbocycles. The van der Waals surface area contributed by atoms with E-state index in [1.807, 2.05) is 6.07 Å². The number of rotatable bonds is 3. The summed E-state index contributed by atoms with van der Waals surface area (Å²) in [4.78, 5) is 12.0. The molecule has 1 aliphatic rings. The van der Waals surface area contributed by atoms with Crippen molar-refractivity contribution in [2.75, 3.05) is 13.1 Å². The zero-order chi connectivity index (χ0) is 13.9. The fourth-order valence-electron chi connectivity index (χ4n) is 2.60. The summed E-state index contributed by atoms with van der Waals surface area (Å²) in [5.74, 6) is 0. The van der Waals surface area contributed by atoms with Crippen molar-refractivity contribution in [3.8, 4) is 11.3 Å². The van der Waals surface area contributed by atoms with Gasteiger partial charge in [0.05, 0.1) is 11.7 Å². The van der Waals surface area contributed by atoms with Gasteiger partial charge >= 0.3 is 0 Å². The Morgan fingerprint density at radius 2 is 2.05 bits per heavy atom. The highest BCUT2D eigenvalue weighted by Gasteiger charge is 2.18. The van der Waals surface area contributed by atoms with Gasteiger partial charge in [-0.1, -0.05) is 31.2 Å². The predicted octanol–water partition coefficient (Wildman–Crippen LogP) is 2.01. The third kappa shape index (κ3) is 2.51. The molecular formula is C16H19N3O. The Balaban J connectivity index is 1.96. The standard InChI is InChI=1S/C16H19N3O/c1-2-12-3-5-13(6-4-12)15-7-8-16(20)19(18-15)14-9-10-17-11-14/h3-8,14,17H,2,9-11H2,1H3. The average Bonchev–Trinajstić information content (AvgIpc) is 3.02. The predicted molar refractivity (Wildman–Crippen MR) is 79.8 cm³/mol.